The van der Waals surface area contributed by atoms with Gasteiger partial charge in [-0.25, -0.2) is 5.43 Å². The van der Waals surface area contributed by atoms with Gasteiger partial charge < -0.3 is 4.52 Å². The lowest BCUT2D eigenvalue weighted by Gasteiger charge is -1.93. The number of rotatable bonds is 3. The Morgan fingerprint density at radius 1 is 1.71 bits per heavy atom. The van der Waals surface area contributed by atoms with Crippen molar-refractivity contribution in [1.29, 1.82) is 0 Å². The molecule has 0 fully saturated rings. The number of halogens is 1. The van der Waals surface area contributed by atoms with E-state index in [1.54, 1.807) is 13.1 Å². The fourth-order valence-electron chi connectivity index (χ4n) is 1.06. The van der Waals surface area contributed by atoms with E-state index in [4.69, 9.17) is 4.52 Å². The predicted molar refractivity (Wildman–Crippen MR) is 62.6 cm³/mol. The molecule has 2 N–H and O–H groups in total. The van der Waals surface area contributed by atoms with Crippen LogP contribution < -0.4 is 5.43 Å². The standard InChI is InChI=1S/C9H8BrN5O2/c1-5-2-7(15-17-5)9(16)14-12-4-8-6(10)3-11-13-8/h2-4H,1H3,(H,11,13)(H,14,16)/b12-4+. The molecule has 0 aliphatic heterocycles. The number of aryl methyl sites for hydroxylation is 1. The minimum atomic E-state index is -0.436. The number of H-pyrrole nitrogens is 1. The second-order valence-corrected chi connectivity index (χ2v) is 4.01. The zero-order valence-electron chi connectivity index (χ0n) is 8.77. The molecule has 1 amide bonds. The van der Waals surface area contributed by atoms with Gasteiger partial charge in [0.25, 0.3) is 5.91 Å². The predicted octanol–water partition coefficient (Wildman–Crippen LogP) is 1.23. The molecule has 0 saturated carbocycles. The Morgan fingerprint density at radius 3 is 3.12 bits per heavy atom. The highest BCUT2D eigenvalue weighted by Crippen LogP contribution is 2.09. The summed E-state index contributed by atoms with van der Waals surface area (Å²) in [5.74, 6) is 0.129. The first kappa shape index (κ1) is 11.5. The summed E-state index contributed by atoms with van der Waals surface area (Å²) in [4.78, 5) is 11.5. The quantitative estimate of drug-likeness (QED) is 0.658. The van der Waals surface area contributed by atoms with Crippen molar-refractivity contribution in [2.24, 2.45) is 5.10 Å². The molecule has 8 heteroatoms. The van der Waals surface area contributed by atoms with Crippen LogP contribution in [0.2, 0.25) is 0 Å². The van der Waals surface area contributed by atoms with Crippen molar-refractivity contribution in [1.82, 2.24) is 20.8 Å². The number of carbonyl (C=O) groups is 1. The average Bonchev–Trinajstić information content (AvgIpc) is 2.88. The monoisotopic (exact) mass is 297 g/mol. The van der Waals surface area contributed by atoms with E-state index in [1.165, 1.54) is 12.3 Å². The molecule has 7 nitrogen and oxygen atoms in total. The summed E-state index contributed by atoms with van der Waals surface area (Å²) in [6, 6.07) is 1.52. The smallest absolute Gasteiger partial charge is 0.293 e. The molecule has 2 heterocycles. The summed E-state index contributed by atoms with van der Waals surface area (Å²) in [7, 11) is 0. The fraction of sp³-hybridized carbons (Fsp3) is 0.111. The van der Waals surface area contributed by atoms with Crippen molar-refractivity contribution in [3.05, 3.63) is 33.9 Å². The number of amides is 1. The molecule has 2 aromatic heterocycles. The van der Waals surface area contributed by atoms with Crippen molar-refractivity contribution in [3.63, 3.8) is 0 Å². The van der Waals surface area contributed by atoms with Crippen LogP contribution in [0.3, 0.4) is 0 Å². The number of hydrogen-bond acceptors (Lipinski definition) is 5. The number of hydrogen-bond donors (Lipinski definition) is 2. The van der Waals surface area contributed by atoms with Crippen LogP contribution in [0.4, 0.5) is 0 Å². The van der Waals surface area contributed by atoms with Gasteiger partial charge in [-0.15, -0.1) is 0 Å². The van der Waals surface area contributed by atoms with Gasteiger partial charge in [0, 0.05) is 6.07 Å². The third-order valence-corrected chi connectivity index (χ3v) is 2.47. The topological polar surface area (TPSA) is 96.2 Å². The van der Waals surface area contributed by atoms with Gasteiger partial charge in [-0.1, -0.05) is 5.16 Å². The zero-order valence-corrected chi connectivity index (χ0v) is 10.4. The SMILES string of the molecule is Cc1cc(C(=O)N/N=C/c2[nH]ncc2Br)no1. The minimum Gasteiger partial charge on any atom is -0.361 e. The maximum absolute atomic E-state index is 11.5. The van der Waals surface area contributed by atoms with E-state index in [9.17, 15) is 4.79 Å². The van der Waals surface area contributed by atoms with E-state index in [-0.39, 0.29) is 5.69 Å². The summed E-state index contributed by atoms with van der Waals surface area (Å²) in [6.45, 7) is 1.70. The van der Waals surface area contributed by atoms with E-state index in [2.05, 4.69) is 41.8 Å². The molecule has 2 aromatic rings. The third-order valence-electron chi connectivity index (χ3n) is 1.84. The second-order valence-electron chi connectivity index (χ2n) is 3.15. The Kier molecular flexibility index (Phi) is 3.33. The lowest BCUT2D eigenvalue weighted by Crippen LogP contribution is -2.17. The number of carbonyl (C=O) groups excluding carboxylic acids is 1. The van der Waals surface area contributed by atoms with Crippen molar-refractivity contribution in [3.8, 4) is 0 Å². The van der Waals surface area contributed by atoms with E-state index < -0.39 is 5.91 Å². The summed E-state index contributed by atoms with van der Waals surface area (Å²) in [5, 5.41) is 13.8. The summed E-state index contributed by atoms with van der Waals surface area (Å²) in [6.07, 6.45) is 3.02. The number of nitrogens with one attached hydrogen (secondary N) is 2. The molecule has 2 rings (SSSR count). The highest BCUT2D eigenvalue weighted by atomic mass is 79.9. The summed E-state index contributed by atoms with van der Waals surface area (Å²) < 4.78 is 5.53. The summed E-state index contributed by atoms with van der Waals surface area (Å²) in [5.41, 5.74) is 3.16. The molecule has 17 heavy (non-hydrogen) atoms. The van der Waals surface area contributed by atoms with Crippen LogP contribution in [0.1, 0.15) is 21.9 Å². The largest absolute Gasteiger partial charge is 0.361 e. The first-order valence-corrected chi connectivity index (χ1v) is 5.41. The van der Waals surface area contributed by atoms with Crippen LogP contribution in [-0.2, 0) is 0 Å². The molecular weight excluding hydrogens is 290 g/mol. The Morgan fingerprint density at radius 2 is 2.53 bits per heavy atom. The van der Waals surface area contributed by atoms with Crippen LogP contribution >= 0.6 is 15.9 Å². The van der Waals surface area contributed by atoms with Crippen molar-refractivity contribution < 1.29 is 9.32 Å². The van der Waals surface area contributed by atoms with E-state index >= 15 is 0 Å². The van der Waals surface area contributed by atoms with Gasteiger partial charge in [0.15, 0.2) is 5.69 Å². The number of nitrogens with zero attached hydrogens (tertiary/aromatic N) is 3. The molecule has 0 saturated heterocycles. The number of aromatic amines is 1. The lowest BCUT2D eigenvalue weighted by atomic mass is 10.4. The van der Waals surface area contributed by atoms with Crippen molar-refractivity contribution in [2.75, 3.05) is 0 Å². The van der Waals surface area contributed by atoms with Gasteiger partial charge in [-0.3, -0.25) is 9.89 Å². The Hall–Kier alpha value is -1.96. The molecule has 0 aliphatic carbocycles. The third kappa shape index (κ3) is 2.78. The Labute approximate surface area is 104 Å². The van der Waals surface area contributed by atoms with Gasteiger partial charge in [0.2, 0.25) is 0 Å². The van der Waals surface area contributed by atoms with Crippen LogP contribution in [0.15, 0.2) is 26.4 Å². The van der Waals surface area contributed by atoms with E-state index in [1.807, 2.05) is 0 Å². The number of aromatic nitrogens is 3. The van der Waals surface area contributed by atoms with Crippen LogP contribution in [-0.4, -0.2) is 27.5 Å². The molecule has 0 aromatic carbocycles. The lowest BCUT2D eigenvalue weighted by molar-refractivity contribution is 0.0946. The van der Waals surface area contributed by atoms with Gasteiger partial charge in [0.1, 0.15) is 5.76 Å². The zero-order chi connectivity index (χ0) is 12.3. The maximum atomic E-state index is 11.5. The van der Waals surface area contributed by atoms with E-state index in [0.29, 0.717) is 11.5 Å². The highest BCUT2D eigenvalue weighted by molar-refractivity contribution is 9.10. The Bertz CT molecular complexity index is 559. The molecule has 0 unspecified atom stereocenters. The van der Waals surface area contributed by atoms with Crippen LogP contribution in [0.5, 0.6) is 0 Å². The van der Waals surface area contributed by atoms with Gasteiger partial charge in [-0.05, 0) is 22.9 Å². The molecule has 0 spiro atoms. The van der Waals surface area contributed by atoms with Crippen LogP contribution in [0, 0.1) is 6.92 Å². The summed E-state index contributed by atoms with van der Waals surface area (Å²) >= 11 is 3.26. The fourth-order valence-corrected chi connectivity index (χ4v) is 1.35. The van der Waals surface area contributed by atoms with Gasteiger partial charge in [-0.2, -0.15) is 10.2 Å². The average molecular weight is 298 g/mol. The molecule has 0 atom stereocenters. The Balaban J connectivity index is 1.97. The van der Waals surface area contributed by atoms with Crippen molar-refractivity contribution >= 4 is 28.1 Å². The maximum Gasteiger partial charge on any atom is 0.293 e. The minimum absolute atomic E-state index is 0.184. The first-order valence-electron chi connectivity index (χ1n) is 4.62. The molecule has 0 aliphatic rings. The molecule has 88 valence electrons. The second kappa shape index (κ2) is 4.91. The molecule has 0 radical (unpaired) electrons. The molecular formula is C9H8BrN5O2. The van der Waals surface area contributed by atoms with Gasteiger partial charge in [0.05, 0.1) is 22.6 Å². The normalized spacial score (nSPS) is 10.9. The van der Waals surface area contributed by atoms with Gasteiger partial charge >= 0.3 is 0 Å². The molecule has 0 bridgehead atoms. The first-order chi connectivity index (χ1) is 8.16. The van der Waals surface area contributed by atoms with Crippen molar-refractivity contribution in [2.45, 2.75) is 6.92 Å². The van der Waals surface area contributed by atoms with E-state index in [0.717, 1.165) is 4.47 Å². The highest BCUT2D eigenvalue weighted by Gasteiger charge is 2.09. The number of hydrazone groups is 1. The van der Waals surface area contributed by atoms with Crippen LogP contribution in [0.25, 0.3) is 0 Å².